The molecule has 0 spiro atoms. The number of imidazole rings is 1. The van der Waals surface area contributed by atoms with Crippen LogP contribution in [0.15, 0.2) is 29.5 Å². The minimum Gasteiger partial charge on any atom is -0.443 e. The summed E-state index contributed by atoms with van der Waals surface area (Å²) in [6.07, 6.45) is 12.2. The van der Waals surface area contributed by atoms with Gasteiger partial charge in [0.05, 0.1) is 6.04 Å². The Morgan fingerprint density at radius 1 is 1.24 bits per heavy atom. The standard InChI is InChI=1S/C29H42N4O5/c1-5-20-11-13-33(26(20)27(36)19(2)3)25(35)17-31-28(37)38-29(4)16-22(29)10-8-6-7-9-21-18-32-14-12-30-24(32)15-23(21)34/h12,14-15,18-20,22,26,30H,5-11,13,16-17H2,1-4H3,(H,31,37)/t20-,22-,26+,29?/m1/s1. The van der Waals surface area contributed by atoms with Crippen molar-refractivity contribution in [1.29, 1.82) is 0 Å². The lowest BCUT2D eigenvalue weighted by Gasteiger charge is -2.28. The number of ketones is 1. The molecule has 1 aliphatic heterocycles. The normalized spacial score (nSPS) is 24.7. The number of likely N-dealkylation sites (tertiary alicyclic amines) is 1. The Labute approximate surface area is 224 Å². The number of aryl methyl sites for hydroxylation is 1. The van der Waals surface area contributed by atoms with Gasteiger partial charge in [-0.1, -0.05) is 40.0 Å². The number of rotatable bonds is 12. The van der Waals surface area contributed by atoms with Gasteiger partial charge in [-0.15, -0.1) is 0 Å². The number of nitrogens with zero attached hydrogens (tertiary/aromatic N) is 2. The van der Waals surface area contributed by atoms with Crippen LogP contribution in [0.1, 0.15) is 78.2 Å². The fraction of sp³-hybridized carbons (Fsp3) is 0.655. The first kappa shape index (κ1) is 27.9. The second-order valence-corrected chi connectivity index (χ2v) is 11.5. The van der Waals surface area contributed by atoms with E-state index in [0.29, 0.717) is 12.5 Å². The number of aromatic nitrogens is 2. The number of carbonyl (C=O) groups excluding carboxylic acids is 3. The molecule has 2 fully saturated rings. The van der Waals surface area contributed by atoms with Gasteiger partial charge in [0.15, 0.2) is 11.2 Å². The van der Waals surface area contributed by atoms with E-state index in [1.165, 1.54) is 0 Å². The molecule has 4 atom stereocenters. The molecular formula is C29H42N4O5. The highest BCUT2D eigenvalue weighted by Crippen LogP contribution is 2.49. The molecule has 1 saturated carbocycles. The molecule has 4 rings (SSSR count). The van der Waals surface area contributed by atoms with Crippen molar-refractivity contribution in [2.75, 3.05) is 13.1 Å². The number of pyridine rings is 1. The predicted octanol–water partition coefficient (Wildman–Crippen LogP) is 4.09. The summed E-state index contributed by atoms with van der Waals surface area (Å²) < 4.78 is 7.60. The van der Waals surface area contributed by atoms with Crippen LogP contribution < -0.4 is 10.7 Å². The zero-order chi connectivity index (χ0) is 27.4. The van der Waals surface area contributed by atoms with E-state index >= 15 is 0 Å². The van der Waals surface area contributed by atoms with Crippen molar-refractivity contribution in [3.05, 3.63) is 40.4 Å². The number of fused-ring (bicyclic) bond motifs is 1. The van der Waals surface area contributed by atoms with Crippen LogP contribution in [0.4, 0.5) is 4.79 Å². The molecule has 2 amide bonds. The quantitative estimate of drug-likeness (QED) is 0.405. The van der Waals surface area contributed by atoms with Crippen molar-refractivity contribution >= 4 is 23.4 Å². The number of amides is 2. The Hall–Kier alpha value is -3.10. The van der Waals surface area contributed by atoms with Gasteiger partial charge in [-0.2, -0.15) is 0 Å². The molecule has 3 heterocycles. The zero-order valence-corrected chi connectivity index (χ0v) is 23.1. The van der Waals surface area contributed by atoms with Crippen molar-refractivity contribution in [3.63, 3.8) is 0 Å². The van der Waals surface area contributed by atoms with E-state index in [4.69, 9.17) is 4.74 Å². The predicted molar refractivity (Wildman–Crippen MR) is 145 cm³/mol. The largest absolute Gasteiger partial charge is 0.443 e. The van der Waals surface area contributed by atoms with Crippen LogP contribution in [-0.4, -0.2) is 56.8 Å². The van der Waals surface area contributed by atoms with Gasteiger partial charge in [-0.3, -0.25) is 14.4 Å². The molecule has 208 valence electrons. The average Bonchev–Trinajstić information content (AvgIpc) is 3.20. The third-order valence-electron chi connectivity index (χ3n) is 8.42. The number of aromatic amines is 1. The van der Waals surface area contributed by atoms with Crippen molar-refractivity contribution < 1.29 is 19.1 Å². The first-order valence-electron chi connectivity index (χ1n) is 14.1. The summed E-state index contributed by atoms with van der Waals surface area (Å²) in [5, 5.41) is 2.61. The van der Waals surface area contributed by atoms with Gasteiger partial charge in [0.25, 0.3) is 0 Å². The minimum atomic E-state index is -0.582. The summed E-state index contributed by atoms with van der Waals surface area (Å²) in [5.74, 6) is 0.209. The number of alkyl carbamates (subject to hydrolysis) is 1. The lowest BCUT2D eigenvalue weighted by Crippen LogP contribution is -2.48. The lowest BCUT2D eigenvalue weighted by atomic mass is 9.89. The average molecular weight is 527 g/mol. The molecule has 9 heteroatoms. The molecule has 0 radical (unpaired) electrons. The third kappa shape index (κ3) is 6.30. The number of ether oxygens (including phenoxy) is 1. The molecule has 2 aromatic rings. The van der Waals surface area contributed by atoms with Crippen molar-refractivity contribution in [3.8, 4) is 0 Å². The highest BCUT2D eigenvalue weighted by atomic mass is 16.6. The lowest BCUT2D eigenvalue weighted by molar-refractivity contribution is -0.139. The van der Waals surface area contributed by atoms with Gasteiger partial charge in [0, 0.05) is 48.6 Å². The number of hydrogen-bond acceptors (Lipinski definition) is 5. The number of Topliss-reactive ketones (excluding diaryl/α,β-unsaturated/α-hetero) is 1. The molecule has 2 N–H and O–H groups in total. The maximum absolute atomic E-state index is 12.9. The van der Waals surface area contributed by atoms with Crippen molar-refractivity contribution in [2.24, 2.45) is 17.8 Å². The number of carbonyl (C=O) groups is 3. The van der Waals surface area contributed by atoms with E-state index in [0.717, 1.165) is 62.6 Å². The first-order chi connectivity index (χ1) is 18.1. The van der Waals surface area contributed by atoms with Crippen LogP contribution in [0.5, 0.6) is 0 Å². The van der Waals surface area contributed by atoms with Crippen LogP contribution >= 0.6 is 0 Å². The van der Waals surface area contributed by atoms with Gasteiger partial charge in [0.2, 0.25) is 5.91 Å². The molecule has 1 aliphatic carbocycles. The van der Waals surface area contributed by atoms with E-state index < -0.39 is 17.7 Å². The molecule has 2 aliphatic rings. The highest BCUT2D eigenvalue weighted by Gasteiger charge is 2.53. The topological polar surface area (TPSA) is 113 Å². The molecule has 0 bridgehead atoms. The Kier molecular flexibility index (Phi) is 8.63. The van der Waals surface area contributed by atoms with Gasteiger partial charge in [0.1, 0.15) is 17.8 Å². The molecule has 9 nitrogen and oxygen atoms in total. The van der Waals surface area contributed by atoms with Gasteiger partial charge >= 0.3 is 6.09 Å². The van der Waals surface area contributed by atoms with Crippen LogP contribution in [0.2, 0.25) is 0 Å². The maximum Gasteiger partial charge on any atom is 0.408 e. The Balaban J connectivity index is 1.15. The smallest absolute Gasteiger partial charge is 0.408 e. The van der Waals surface area contributed by atoms with Crippen molar-refractivity contribution in [2.45, 2.75) is 90.7 Å². The summed E-state index contributed by atoms with van der Waals surface area (Å²) in [7, 11) is 0. The van der Waals surface area contributed by atoms with Crippen LogP contribution in [0.25, 0.3) is 5.65 Å². The molecule has 2 aromatic heterocycles. The fourth-order valence-electron chi connectivity index (χ4n) is 5.86. The summed E-state index contributed by atoms with van der Waals surface area (Å²) in [6.45, 7) is 8.11. The van der Waals surface area contributed by atoms with Crippen LogP contribution in [-0.2, 0) is 20.7 Å². The van der Waals surface area contributed by atoms with Gasteiger partial charge in [-0.25, -0.2) is 4.79 Å². The number of H-pyrrole nitrogens is 1. The Morgan fingerprint density at radius 2 is 2.03 bits per heavy atom. The SMILES string of the molecule is CC[C@@H]1CCN(C(=O)CNC(=O)OC2(C)C[C@H]2CCCCCc2cn3cc[nH]c3cc2=O)[C@@H]1C(=O)C(C)C. The maximum atomic E-state index is 12.9. The number of hydrogen-bond donors (Lipinski definition) is 2. The third-order valence-corrected chi connectivity index (χ3v) is 8.42. The van der Waals surface area contributed by atoms with Gasteiger partial charge < -0.3 is 24.3 Å². The van der Waals surface area contributed by atoms with Crippen molar-refractivity contribution in [1.82, 2.24) is 19.6 Å². The zero-order valence-electron chi connectivity index (χ0n) is 23.1. The van der Waals surface area contributed by atoms with Crippen LogP contribution in [0, 0.1) is 17.8 Å². The summed E-state index contributed by atoms with van der Waals surface area (Å²) >= 11 is 0. The van der Waals surface area contributed by atoms with Crippen LogP contribution in [0.3, 0.4) is 0 Å². The minimum absolute atomic E-state index is 0.0667. The monoisotopic (exact) mass is 526 g/mol. The number of nitrogens with one attached hydrogen (secondary N) is 2. The Bertz CT molecular complexity index is 1220. The summed E-state index contributed by atoms with van der Waals surface area (Å²) in [4.78, 5) is 54.9. The molecule has 0 aromatic carbocycles. The second-order valence-electron chi connectivity index (χ2n) is 11.5. The van der Waals surface area contributed by atoms with E-state index in [-0.39, 0.29) is 35.5 Å². The molecule has 1 saturated heterocycles. The number of unbranched alkanes of at least 4 members (excludes halogenated alkanes) is 2. The van der Waals surface area contributed by atoms with Gasteiger partial charge in [-0.05, 0) is 44.9 Å². The van der Waals surface area contributed by atoms with E-state index in [9.17, 15) is 19.2 Å². The second kappa shape index (κ2) is 11.7. The summed E-state index contributed by atoms with van der Waals surface area (Å²) in [6, 6.07) is 1.24. The van der Waals surface area contributed by atoms with E-state index in [2.05, 4.69) is 10.3 Å². The highest BCUT2D eigenvalue weighted by molar-refractivity contribution is 5.92. The molecule has 38 heavy (non-hydrogen) atoms. The fourth-order valence-corrected chi connectivity index (χ4v) is 5.86. The Morgan fingerprint density at radius 3 is 2.76 bits per heavy atom. The van der Waals surface area contributed by atoms with E-state index in [1.807, 2.05) is 50.7 Å². The first-order valence-corrected chi connectivity index (χ1v) is 14.1. The summed E-state index contributed by atoms with van der Waals surface area (Å²) in [5.41, 5.74) is 1.19. The van der Waals surface area contributed by atoms with E-state index in [1.54, 1.807) is 11.0 Å². The molecular weight excluding hydrogens is 484 g/mol. The molecule has 1 unspecified atom stereocenters.